The average Bonchev–Trinajstić information content (AvgIpc) is 2.89. The highest BCUT2D eigenvalue weighted by molar-refractivity contribution is 5.79. The second-order valence-corrected chi connectivity index (χ2v) is 5.39. The predicted octanol–water partition coefficient (Wildman–Crippen LogP) is 1.77. The quantitative estimate of drug-likeness (QED) is 0.817. The van der Waals surface area contributed by atoms with Crippen LogP contribution in [0.15, 0.2) is 18.7 Å². The molecule has 1 atom stereocenters. The van der Waals surface area contributed by atoms with Crippen molar-refractivity contribution in [3.63, 3.8) is 0 Å². The van der Waals surface area contributed by atoms with Crippen LogP contribution in [0, 0.1) is 5.41 Å². The molecule has 1 aliphatic rings. The average molecular weight is 265 g/mol. The Balaban J connectivity index is 1.82. The number of imidazole rings is 1. The molecular weight excluding hydrogens is 242 g/mol. The molecule has 19 heavy (non-hydrogen) atoms. The lowest BCUT2D eigenvalue weighted by Gasteiger charge is -2.41. The van der Waals surface area contributed by atoms with E-state index in [9.17, 15) is 4.79 Å². The van der Waals surface area contributed by atoms with E-state index in [0.29, 0.717) is 6.54 Å². The molecule has 5 heteroatoms. The van der Waals surface area contributed by atoms with Crippen LogP contribution < -0.4 is 5.32 Å². The number of nitrogens with one attached hydrogen (secondary N) is 1. The van der Waals surface area contributed by atoms with Gasteiger partial charge in [0.15, 0.2) is 0 Å². The normalized spacial score (nSPS) is 18.6. The molecule has 0 spiro atoms. The Morgan fingerprint density at radius 3 is 2.89 bits per heavy atom. The van der Waals surface area contributed by atoms with Gasteiger partial charge in [-0.2, -0.15) is 0 Å². The number of aromatic nitrogens is 2. The van der Waals surface area contributed by atoms with E-state index in [1.807, 2.05) is 24.6 Å². The number of ether oxygens (including phenoxy) is 1. The summed E-state index contributed by atoms with van der Waals surface area (Å²) in [7, 11) is 0. The van der Waals surface area contributed by atoms with Crippen molar-refractivity contribution in [2.75, 3.05) is 19.8 Å². The van der Waals surface area contributed by atoms with Crippen LogP contribution >= 0.6 is 0 Å². The molecule has 1 saturated carbocycles. The SMILES string of the molecule is CCOCC1(CNC(=O)C(C)n2ccnc2)CCC1. The standard InChI is InChI=1S/C14H23N3O2/c1-3-19-10-14(5-4-6-14)9-16-13(18)12(2)17-8-7-15-11-17/h7-8,11-12H,3-6,9-10H2,1-2H3,(H,16,18). The Morgan fingerprint density at radius 2 is 2.37 bits per heavy atom. The van der Waals surface area contributed by atoms with E-state index in [1.165, 1.54) is 6.42 Å². The zero-order valence-corrected chi connectivity index (χ0v) is 11.8. The van der Waals surface area contributed by atoms with Crippen LogP contribution in [0.3, 0.4) is 0 Å². The van der Waals surface area contributed by atoms with Crippen molar-refractivity contribution in [2.45, 2.75) is 39.2 Å². The number of carbonyl (C=O) groups excluding carboxylic acids is 1. The maximum absolute atomic E-state index is 12.1. The van der Waals surface area contributed by atoms with Gasteiger partial charge >= 0.3 is 0 Å². The van der Waals surface area contributed by atoms with Crippen LogP contribution in [0.2, 0.25) is 0 Å². The minimum Gasteiger partial charge on any atom is -0.381 e. The first-order valence-corrected chi connectivity index (χ1v) is 7.00. The Morgan fingerprint density at radius 1 is 1.58 bits per heavy atom. The summed E-state index contributed by atoms with van der Waals surface area (Å²) in [5, 5.41) is 3.05. The van der Waals surface area contributed by atoms with E-state index in [2.05, 4.69) is 10.3 Å². The van der Waals surface area contributed by atoms with Crippen molar-refractivity contribution < 1.29 is 9.53 Å². The third-order valence-electron chi connectivity index (χ3n) is 4.02. The number of amides is 1. The van der Waals surface area contributed by atoms with Crippen LogP contribution in [-0.2, 0) is 9.53 Å². The fourth-order valence-corrected chi connectivity index (χ4v) is 2.42. The highest BCUT2D eigenvalue weighted by atomic mass is 16.5. The molecule has 0 saturated heterocycles. The lowest BCUT2D eigenvalue weighted by atomic mass is 9.69. The van der Waals surface area contributed by atoms with Gasteiger partial charge in [-0.25, -0.2) is 4.98 Å². The van der Waals surface area contributed by atoms with Crippen molar-refractivity contribution in [2.24, 2.45) is 5.41 Å². The van der Waals surface area contributed by atoms with E-state index in [4.69, 9.17) is 4.74 Å². The van der Waals surface area contributed by atoms with Crippen molar-refractivity contribution in [1.82, 2.24) is 14.9 Å². The number of hydrogen-bond acceptors (Lipinski definition) is 3. The van der Waals surface area contributed by atoms with E-state index < -0.39 is 0 Å². The van der Waals surface area contributed by atoms with E-state index >= 15 is 0 Å². The van der Waals surface area contributed by atoms with Gasteiger partial charge in [-0.1, -0.05) is 6.42 Å². The van der Waals surface area contributed by atoms with Crippen molar-refractivity contribution >= 4 is 5.91 Å². The topological polar surface area (TPSA) is 56.1 Å². The number of nitrogens with zero attached hydrogens (tertiary/aromatic N) is 2. The third kappa shape index (κ3) is 3.35. The largest absolute Gasteiger partial charge is 0.381 e. The highest BCUT2D eigenvalue weighted by Gasteiger charge is 2.37. The lowest BCUT2D eigenvalue weighted by Crippen LogP contribution is -2.46. The molecule has 0 aliphatic heterocycles. The van der Waals surface area contributed by atoms with Crippen LogP contribution in [0.25, 0.3) is 0 Å². The van der Waals surface area contributed by atoms with Crippen molar-refractivity contribution in [3.05, 3.63) is 18.7 Å². The van der Waals surface area contributed by atoms with Crippen LogP contribution in [0.5, 0.6) is 0 Å². The monoisotopic (exact) mass is 265 g/mol. The van der Waals surface area contributed by atoms with Crippen LogP contribution in [0.1, 0.15) is 39.2 Å². The molecule has 0 bridgehead atoms. The summed E-state index contributed by atoms with van der Waals surface area (Å²) in [6.45, 7) is 6.09. The van der Waals surface area contributed by atoms with Gasteiger partial charge in [0.25, 0.3) is 0 Å². The molecule has 1 N–H and O–H groups in total. The molecule has 1 fully saturated rings. The van der Waals surface area contributed by atoms with E-state index in [0.717, 1.165) is 26.1 Å². The van der Waals surface area contributed by atoms with Crippen molar-refractivity contribution in [1.29, 1.82) is 0 Å². The molecule has 2 rings (SSSR count). The minimum absolute atomic E-state index is 0.0424. The van der Waals surface area contributed by atoms with E-state index in [-0.39, 0.29) is 17.4 Å². The van der Waals surface area contributed by atoms with Gasteiger partial charge < -0.3 is 14.6 Å². The Labute approximate surface area is 114 Å². The first-order chi connectivity index (χ1) is 9.17. The summed E-state index contributed by atoms with van der Waals surface area (Å²) in [5.74, 6) is 0.0424. The Hall–Kier alpha value is -1.36. The zero-order chi connectivity index (χ0) is 13.7. The van der Waals surface area contributed by atoms with Gasteiger partial charge in [0.1, 0.15) is 6.04 Å². The molecule has 1 heterocycles. The molecular formula is C14H23N3O2. The van der Waals surface area contributed by atoms with Crippen LogP contribution in [-0.4, -0.2) is 35.2 Å². The lowest BCUT2D eigenvalue weighted by molar-refractivity contribution is -0.125. The van der Waals surface area contributed by atoms with E-state index in [1.54, 1.807) is 12.5 Å². The maximum Gasteiger partial charge on any atom is 0.242 e. The highest BCUT2D eigenvalue weighted by Crippen LogP contribution is 2.40. The van der Waals surface area contributed by atoms with Gasteiger partial charge in [0.2, 0.25) is 5.91 Å². The molecule has 106 valence electrons. The van der Waals surface area contributed by atoms with Gasteiger partial charge in [-0.3, -0.25) is 4.79 Å². The molecule has 1 aromatic rings. The van der Waals surface area contributed by atoms with Gasteiger partial charge in [0, 0.05) is 31.0 Å². The van der Waals surface area contributed by atoms with Crippen LogP contribution in [0.4, 0.5) is 0 Å². The summed E-state index contributed by atoms with van der Waals surface area (Å²) in [4.78, 5) is 16.1. The molecule has 0 aromatic carbocycles. The van der Waals surface area contributed by atoms with Gasteiger partial charge in [-0.05, 0) is 26.7 Å². The first-order valence-electron chi connectivity index (χ1n) is 7.00. The summed E-state index contributed by atoms with van der Waals surface area (Å²) < 4.78 is 7.35. The van der Waals surface area contributed by atoms with Crippen molar-refractivity contribution in [3.8, 4) is 0 Å². The zero-order valence-electron chi connectivity index (χ0n) is 11.8. The second kappa shape index (κ2) is 6.19. The minimum atomic E-state index is -0.216. The number of carbonyl (C=O) groups is 1. The maximum atomic E-state index is 12.1. The molecule has 5 nitrogen and oxygen atoms in total. The summed E-state index contributed by atoms with van der Waals surface area (Å²) in [6.07, 6.45) is 8.69. The predicted molar refractivity (Wildman–Crippen MR) is 72.7 cm³/mol. The number of rotatable bonds is 7. The molecule has 0 radical (unpaired) electrons. The Bertz CT molecular complexity index is 399. The van der Waals surface area contributed by atoms with Gasteiger partial charge in [0.05, 0.1) is 12.9 Å². The fraction of sp³-hybridized carbons (Fsp3) is 0.714. The summed E-state index contributed by atoms with van der Waals surface area (Å²) in [5.41, 5.74) is 0.167. The second-order valence-electron chi connectivity index (χ2n) is 5.39. The summed E-state index contributed by atoms with van der Waals surface area (Å²) >= 11 is 0. The smallest absolute Gasteiger partial charge is 0.242 e. The molecule has 1 amide bonds. The Kier molecular flexibility index (Phi) is 4.58. The van der Waals surface area contributed by atoms with Gasteiger partial charge in [-0.15, -0.1) is 0 Å². The fourth-order valence-electron chi connectivity index (χ4n) is 2.42. The third-order valence-corrected chi connectivity index (χ3v) is 4.02. The first kappa shape index (κ1) is 14.1. The molecule has 1 aromatic heterocycles. The number of hydrogen-bond donors (Lipinski definition) is 1. The summed E-state index contributed by atoms with van der Waals surface area (Å²) in [6, 6.07) is -0.216. The molecule has 1 unspecified atom stereocenters. The molecule has 1 aliphatic carbocycles.